The molecule has 4 rings (SSSR count). The second-order valence-corrected chi connectivity index (χ2v) is 9.12. The number of hydrogen-bond acceptors (Lipinski definition) is 5. The van der Waals surface area contributed by atoms with Crippen LogP contribution in [-0.2, 0) is 25.5 Å². The zero-order chi connectivity index (χ0) is 27.2. The molecule has 3 N–H and O–H groups in total. The smallest absolute Gasteiger partial charge is 0.410 e. The number of benzene rings is 3. The molecule has 2 amide bonds. The average Bonchev–Trinajstić information content (AvgIpc) is 3.23. The molecule has 0 unspecified atom stereocenters. The molecule has 0 aromatic heterocycles. The van der Waals surface area contributed by atoms with Gasteiger partial charge in [0, 0.05) is 19.4 Å². The second kappa shape index (κ2) is 11.6. The number of aliphatic carboxylic acids is 2. The van der Waals surface area contributed by atoms with Gasteiger partial charge in [-0.05, 0) is 27.8 Å². The quantitative estimate of drug-likeness (QED) is 0.375. The van der Waals surface area contributed by atoms with Gasteiger partial charge in [0.05, 0.1) is 6.42 Å². The molecule has 0 bridgehead atoms. The maximum Gasteiger partial charge on any atom is 0.410 e. The van der Waals surface area contributed by atoms with E-state index in [1.165, 1.54) is 7.05 Å². The van der Waals surface area contributed by atoms with Gasteiger partial charge in [0.25, 0.3) is 0 Å². The van der Waals surface area contributed by atoms with E-state index >= 15 is 0 Å². The first-order chi connectivity index (χ1) is 18.3. The molecule has 0 fully saturated rings. The van der Waals surface area contributed by atoms with Gasteiger partial charge in [0.2, 0.25) is 5.91 Å². The largest absolute Gasteiger partial charge is 0.481 e. The number of hydrogen-bond donors (Lipinski definition) is 3. The monoisotopic (exact) mass is 516 g/mol. The van der Waals surface area contributed by atoms with Gasteiger partial charge in [-0.2, -0.15) is 0 Å². The standard InChI is InChI=1S/C29H28N2O7/c1-31(25(15-18-9-3-2-4-10-18)27(34)30-24(28(35)36)16-26(32)33)29(37)38-17-23-21-13-7-5-11-19(21)20-12-6-8-14-22(20)23/h2-14,23-25H,15-17H2,1H3,(H,30,34)(H,32,33)(H,35,36)/t24-,25-/m0/s1. The van der Waals surface area contributed by atoms with Crippen LogP contribution >= 0.6 is 0 Å². The summed E-state index contributed by atoms with van der Waals surface area (Å²) in [5.74, 6) is -3.82. The van der Waals surface area contributed by atoms with Crippen LogP contribution in [0.3, 0.4) is 0 Å². The maximum absolute atomic E-state index is 13.2. The molecule has 3 aromatic carbocycles. The van der Waals surface area contributed by atoms with Crippen molar-refractivity contribution in [2.75, 3.05) is 13.7 Å². The Labute approximate surface area is 219 Å². The summed E-state index contributed by atoms with van der Waals surface area (Å²) in [5, 5.41) is 20.7. The van der Waals surface area contributed by atoms with Gasteiger partial charge in [0.1, 0.15) is 18.7 Å². The van der Waals surface area contributed by atoms with Crippen molar-refractivity contribution >= 4 is 23.9 Å². The Balaban J connectivity index is 1.51. The van der Waals surface area contributed by atoms with Crippen molar-refractivity contribution in [2.24, 2.45) is 0 Å². The molecular formula is C29H28N2O7. The molecule has 38 heavy (non-hydrogen) atoms. The van der Waals surface area contributed by atoms with Crippen LogP contribution in [0.1, 0.15) is 29.0 Å². The molecule has 0 spiro atoms. The van der Waals surface area contributed by atoms with Crippen LogP contribution in [-0.4, -0.2) is 64.8 Å². The van der Waals surface area contributed by atoms with Crippen LogP contribution < -0.4 is 5.32 Å². The Hall–Kier alpha value is -4.66. The van der Waals surface area contributed by atoms with Crippen LogP contribution in [0.5, 0.6) is 0 Å². The normalized spacial score (nSPS) is 13.5. The highest BCUT2D eigenvalue weighted by Crippen LogP contribution is 2.44. The lowest BCUT2D eigenvalue weighted by atomic mass is 9.98. The number of ether oxygens (including phenoxy) is 1. The first-order valence-electron chi connectivity index (χ1n) is 12.1. The molecule has 0 aliphatic heterocycles. The van der Waals surface area contributed by atoms with Crippen LogP contribution in [0, 0.1) is 0 Å². The average molecular weight is 517 g/mol. The Morgan fingerprint density at radius 1 is 0.868 bits per heavy atom. The Bertz CT molecular complexity index is 1300. The van der Waals surface area contributed by atoms with E-state index in [0.717, 1.165) is 32.7 Å². The summed E-state index contributed by atoms with van der Waals surface area (Å²) in [5.41, 5.74) is 4.98. The van der Waals surface area contributed by atoms with Crippen molar-refractivity contribution in [1.29, 1.82) is 0 Å². The molecule has 0 saturated carbocycles. The van der Waals surface area contributed by atoms with Gasteiger partial charge >= 0.3 is 18.0 Å². The van der Waals surface area contributed by atoms with E-state index in [1.807, 2.05) is 48.5 Å². The fourth-order valence-electron chi connectivity index (χ4n) is 4.71. The molecule has 9 heteroatoms. The lowest BCUT2D eigenvalue weighted by molar-refractivity contribution is -0.147. The summed E-state index contributed by atoms with van der Waals surface area (Å²) in [6.07, 6.45) is -1.48. The minimum Gasteiger partial charge on any atom is -0.481 e. The molecule has 0 saturated heterocycles. The van der Waals surface area contributed by atoms with Crippen molar-refractivity contribution in [2.45, 2.75) is 30.8 Å². The highest BCUT2D eigenvalue weighted by Gasteiger charge is 2.34. The Morgan fingerprint density at radius 2 is 1.42 bits per heavy atom. The predicted molar refractivity (Wildman–Crippen MR) is 139 cm³/mol. The predicted octanol–water partition coefficient (Wildman–Crippen LogP) is 3.52. The van der Waals surface area contributed by atoms with Gasteiger partial charge in [0.15, 0.2) is 0 Å². The van der Waals surface area contributed by atoms with E-state index in [4.69, 9.17) is 9.84 Å². The highest BCUT2D eigenvalue weighted by molar-refractivity contribution is 5.91. The topological polar surface area (TPSA) is 133 Å². The van der Waals surface area contributed by atoms with Crippen molar-refractivity contribution in [1.82, 2.24) is 10.2 Å². The third-order valence-electron chi connectivity index (χ3n) is 6.66. The number of amides is 2. The Morgan fingerprint density at radius 3 is 1.97 bits per heavy atom. The second-order valence-electron chi connectivity index (χ2n) is 9.12. The summed E-state index contributed by atoms with van der Waals surface area (Å²) < 4.78 is 5.68. The van der Waals surface area contributed by atoms with Crippen LogP contribution in [0.25, 0.3) is 11.1 Å². The number of fused-ring (bicyclic) bond motifs is 3. The molecule has 1 aliphatic rings. The zero-order valence-corrected chi connectivity index (χ0v) is 20.7. The minimum absolute atomic E-state index is 0.0492. The SMILES string of the molecule is CN(C(=O)OCC1c2ccccc2-c2ccccc21)[C@@H](Cc1ccccc1)C(=O)N[C@@H](CC(=O)O)C(=O)O. The van der Waals surface area contributed by atoms with Gasteiger partial charge in [-0.25, -0.2) is 9.59 Å². The summed E-state index contributed by atoms with van der Waals surface area (Å²) >= 11 is 0. The summed E-state index contributed by atoms with van der Waals surface area (Å²) in [6.45, 7) is 0.0492. The molecule has 2 atom stereocenters. The van der Waals surface area contributed by atoms with Crippen molar-refractivity contribution < 1.29 is 34.1 Å². The number of rotatable bonds is 10. The lowest BCUT2D eigenvalue weighted by Gasteiger charge is -2.28. The number of carboxylic acids is 2. The summed E-state index contributed by atoms with van der Waals surface area (Å²) in [6, 6.07) is 22.0. The van der Waals surface area contributed by atoms with Crippen molar-refractivity contribution in [3.8, 4) is 11.1 Å². The van der Waals surface area contributed by atoms with Gasteiger partial charge in [-0.15, -0.1) is 0 Å². The van der Waals surface area contributed by atoms with Gasteiger partial charge in [-0.3, -0.25) is 14.5 Å². The van der Waals surface area contributed by atoms with Crippen LogP contribution in [0.4, 0.5) is 4.79 Å². The number of nitrogens with zero attached hydrogens (tertiary/aromatic N) is 1. The number of carbonyl (C=O) groups is 4. The fourth-order valence-corrected chi connectivity index (χ4v) is 4.71. The van der Waals surface area contributed by atoms with Crippen LogP contribution in [0.15, 0.2) is 78.9 Å². The zero-order valence-electron chi connectivity index (χ0n) is 20.7. The van der Waals surface area contributed by atoms with E-state index in [1.54, 1.807) is 30.3 Å². The van der Waals surface area contributed by atoms with E-state index in [-0.39, 0.29) is 18.9 Å². The van der Waals surface area contributed by atoms with E-state index in [9.17, 15) is 24.3 Å². The Kier molecular flexibility index (Phi) is 8.06. The molecule has 0 radical (unpaired) electrons. The third kappa shape index (κ3) is 5.83. The summed E-state index contributed by atoms with van der Waals surface area (Å²) in [7, 11) is 1.40. The molecule has 3 aromatic rings. The molecular weight excluding hydrogens is 488 g/mol. The maximum atomic E-state index is 13.2. The minimum atomic E-state index is -1.64. The first-order valence-corrected chi connectivity index (χ1v) is 12.1. The molecule has 1 aliphatic carbocycles. The van der Waals surface area contributed by atoms with Crippen molar-refractivity contribution in [3.05, 3.63) is 95.6 Å². The van der Waals surface area contributed by atoms with E-state index in [2.05, 4.69) is 5.32 Å². The third-order valence-corrected chi connectivity index (χ3v) is 6.66. The summed E-state index contributed by atoms with van der Waals surface area (Å²) in [4.78, 5) is 50.1. The number of nitrogens with one attached hydrogen (secondary N) is 1. The highest BCUT2D eigenvalue weighted by atomic mass is 16.6. The van der Waals surface area contributed by atoms with E-state index < -0.39 is 42.4 Å². The number of carbonyl (C=O) groups excluding carboxylic acids is 2. The van der Waals surface area contributed by atoms with Gasteiger partial charge < -0.3 is 20.3 Å². The number of carboxylic acid groups (broad SMARTS) is 2. The molecule has 0 heterocycles. The van der Waals surface area contributed by atoms with Gasteiger partial charge in [-0.1, -0.05) is 78.9 Å². The van der Waals surface area contributed by atoms with Crippen molar-refractivity contribution in [3.63, 3.8) is 0 Å². The molecule has 196 valence electrons. The van der Waals surface area contributed by atoms with E-state index in [0.29, 0.717) is 0 Å². The van der Waals surface area contributed by atoms with Crippen LogP contribution in [0.2, 0.25) is 0 Å². The number of likely N-dealkylation sites (N-methyl/N-ethyl adjacent to an activating group) is 1. The lowest BCUT2D eigenvalue weighted by Crippen LogP contribution is -2.53. The first kappa shape index (κ1) is 26.4. The molecule has 9 nitrogen and oxygen atoms in total. The fraction of sp³-hybridized carbons (Fsp3) is 0.241.